The summed E-state index contributed by atoms with van der Waals surface area (Å²) in [7, 11) is 0. The maximum atomic E-state index is 9.66. The minimum atomic E-state index is -1.01. The van der Waals surface area contributed by atoms with Gasteiger partial charge < -0.3 is 18.6 Å². The lowest BCUT2D eigenvalue weighted by Crippen LogP contribution is -2.41. The lowest BCUT2D eigenvalue weighted by molar-refractivity contribution is -0.282. The van der Waals surface area contributed by atoms with Gasteiger partial charge in [-0.05, 0) is 60.6 Å². The SMILES string of the molecule is Cc1ccc(C[C@@H](COC(OCc2ccc(C(C)C)cc2)(c2ccccc2)C(C)C)n2c(=N)n(Cc3ccc(C)cc3)c3ccccc32)cc1. The van der Waals surface area contributed by atoms with Crippen LogP contribution in [0, 0.1) is 25.2 Å². The summed E-state index contributed by atoms with van der Waals surface area (Å²) >= 11 is 0. The molecule has 0 saturated carbocycles. The minimum absolute atomic E-state index is 0.00298. The van der Waals surface area contributed by atoms with Crippen molar-refractivity contribution in [2.24, 2.45) is 5.92 Å². The average Bonchev–Trinajstić information content (AvgIpc) is 3.40. The summed E-state index contributed by atoms with van der Waals surface area (Å²) in [5, 5.41) is 9.66. The zero-order chi connectivity index (χ0) is 35.3. The summed E-state index contributed by atoms with van der Waals surface area (Å²) in [6, 6.07) is 44.6. The summed E-state index contributed by atoms with van der Waals surface area (Å²) in [5.41, 5.74) is 10.7. The molecule has 6 aromatic rings. The second-order valence-corrected chi connectivity index (χ2v) is 14.3. The molecule has 258 valence electrons. The van der Waals surface area contributed by atoms with E-state index in [4.69, 9.17) is 9.47 Å². The topological polar surface area (TPSA) is 52.2 Å². The van der Waals surface area contributed by atoms with Gasteiger partial charge in [-0.2, -0.15) is 0 Å². The van der Waals surface area contributed by atoms with Crippen LogP contribution in [0.15, 0.2) is 127 Å². The number of rotatable bonds is 14. The first-order valence-electron chi connectivity index (χ1n) is 17.9. The lowest BCUT2D eigenvalue weighted by Gasteiger charge is -2.39. The smallest absolute Gasteiger partial charge is 0.203 e. The molecule has 5 heteroatoms. The van der Waals surface area contributed by atoms with E-state index in [1.807, 2.05) is 6.07 Å². The number of fused-ring (bicyclic) bond motifs is 1. The van der Waals surface area contributed by atoms with Crippen LogP contribution in [0.25, 0.3) is 11.0 Å². The summed E-state index contributed by atoms with van der Waals surface area (Å²) in [4.78, 5) is 0. The van der Waals surface area contributed by atoms with Crippen LogP contribution in [0.5, 0.6) is 0 Å². The van der Waals surface area contributed by atoms with Gasteiger partial charge in [0.05, 0.1) is 36.8 Å². The van der Waals surface area contributed by atoms with Crippen molar-refractivity contribution in [1.82, 2.24) is 9.13 Å². The van der Waals surface area contributed by atoms with Crippen molar-refractivity contribution in [1.29, 1.82) is 5.41 Å². The quantitative estimate of drug-likeness (QED) is 0.118. The Morgan fingerprint density at radius 3 is 1.78 bits per heavy atom. The number of imidazole rings is 1. The molecule has 0 fully saturated rings. The molecule has 1 aromatic heterocycles. The minimum Gasteiger partial charge on any atom is -0.343 e. The van der Waals surface area contributed by atoms with Gasteiger partial charge in [0.1, 0.15) is 0 Å². The molecule has 5 nitrogen and oxygen atoms in total. The predicted octanol–water partition coefficient (Wildman–Crippen LogP) is 10.2. The number of aromatic nitrogens is 2. The van der Waals surface area contributed by atoms with Crippen molar-refractivity contribution >= 4 is 11.0 Å². The van der Waals surface area contributed by atoms with Gasteiger partial charge in [0.15, 0.2) is 5.79 Å². The van der Waals surface area contributed by atoms with E-state index < -0.39 is 5.79 Å². The third kappa shape index (κ3) is 7.70. The van der Waals surface area contributed by atoms with E-state index in [9.17, 15) is 5.41 Å². The maximum absolute atomic E-state index is 9.66. The van der Waals surface area contributed by atoms with Crippen molar-refractivity contribution < 1.29 is 9.47 Å². The zero-order valence-corrected chi connectivity index (χ0v) is 30.4. The van der Waals surface area contributed by atoms with E-state index in [-0.39, 0.29) is 12.0 Å². The number of hydrogen-bond acceptors (Lipinski definition) is 3. The number of benzene rings is 5. The van der Waals surface area contributed by atoms with Crippen molar-refractivity contribution in [3.63, 3.8) is 0 Å². The summed E-state index contributed by atoms with van der Waals surface area (Å²) in [6.07, 6.45) is 0.703. The zero-order valence-electron chi connectivity index (χ0n) is 30.4. The number of hydrogen-bond donors (Lipinski definition) is 1. The first-order valence-corrected chi connectivity index (χ1v) is 17.9. The molecule has 0 spiro atoms. The van der Waals surface area contributed by atoms with Gasteiger partial charge in [0, 0.05) is 11.5 Å². The predicted molar refractivity (Wildman–Crippen MR) is 204 cm³/mol. The van der Waals surface area contributed by atoms with Gasteiger partial charge in [0.2, 0.25) is 5.62 Å². The highest BCUT2D eigenvalue weighted by Crippen LogP contribution is 2.38. The van der Waals surface area contributed by atoms with Crippen LogP contribution in [0.4, 0.5) is 0 Å². The normalized spacial score (nSPS) is 13.6. The van der Waals surface area contributed by atoms with Crippen molar-refractivity contribution in [3.05, 3.63) is 172 Å². The lowest BCUT2D eigenvalue weighted by atomic mass is 9.93. The van der Waals surface area contributed by atoms with Crippen LogP contribution in [-0.2, 0) is 34.8 Å². The molecule has 5 aromatic carbocycles. The molecule has 6 rings (SSSR count). The maximum Gasteiger partial charge on any atom is 0.203 e. The molecule has 1 unspecified atom stereocenters. The second-order valence-electron chi connectivity index (χ2n) is 14.3. The van der Waals surface area contributed by atoms with Gasteiger partial charge in [-0.15, -0.1) is 0 Å². The molecule has 0 saturated heterocycles. The number of ether oxygens (including phenoxy) is 2. The highest BCUT2D eigenvalue weighted by atomic mass is 16.7. The second kappa shape index (κ2) is 15.5. The van der Waals surface area contributed by atoms with E-state index in [0.717, 1.165) is 22.2 Å². The largest absolute Gasteiger partial charge is 0.343 e. The van der Waals surface area contributed by atoms with Crippen molar-refractivity contribution in [2.45, 2.75) is 78.9 Å². The Hall–Kier alpha value is -4.71. The molecule has 0 bridgehead atoms. The van der Waals surface area contributed by atoms with E-state index in [1.165, 1.54) is 27.8 Å². The molecular formula is C45H51N3O2. The van der Waals surface area contributed by atoms with Crippen LogP contribution >= 0.6 is 0 Å². The van der Waals surface area contributed by atoms with E-state index in [0.29, 0.717) is 37.7 Å². The van der Waals surface area contributed by atoms with Gasteiger partial charge in [-0.3, -0.25) is 5.41 Å². The Morgan fingerprint density at radius 2 is 1.18 bits per heavy atom. The van der Waals surface area contributed by atoms with Crippen LogP contribution in [-0.4, -0.2) is 15.7 Å². The van der Waals surface area contributed by atoms with Gasteiger partial charge in [0.25, 0.3) is 0 Å². The fourth-order valence-electron chi connectivity index (χ4n) is 6.84. The number of para-hydroxylation sites is 2. The van der Waals surface area contributed by atoms with Crippen molar-refractivity contribution in [2.75, 3.05) is 6.61 Å². The monoisotopic (exact) mass is 665 g/mol. The molecule has 0 aliphatic rings. The fourth-order valence-corrected chi connectivity index (χ4v) is 6.84. The molecule has 0 aliphatic carbocycles. The Labute approximate surface area is 297 Å². The summed E-state index contributed by atoms with van der Waals surface area (Å²) in [6.45, 7) is 14.4. The third-order valence-electron chi connectivity index (χ3n) is 9.86. The summed E-state index contributed by atoms with van der Waals surface area (Å²) in [5.74, 6) is -0.532. The standard InChI is InChI=1S/C45H51N3O2/c1-32(2)39-26-24-38(25-27-39)30-49-45(33(3)4,40-12-8-7-9-13-40)50-31-41(28-36-20-16-34(5)17-21-36)48-43-15-11-10-14-42(43)47(44(48)46)29-37-22-18-35(6)19-23-37/h7-27,32-33,41,46H,28-31H2,1-6H3/t41-,45?/m0/s1. The molecular weight excluding hydrogens is 615 g/mol. The Balaban J connectivity index is 1.40. The summed E-state index contributed by atoms with van der Waals surface area (Å²) < 4.78 is 18.4. The van der Waals surface area contributed by atoms with Crippen LogP contribution in [0.1, 0.15) is 78.6 Å². The third-order valence-corrected chi connectivity index (χ3v) is 9.86. The Morgan fingerprint density at radius 1 is 0.620 bits per heavy atom. The molecule has 1 heterocycles. The number of aryl methyl sites for hydroxylation is 2. The van der Waals surface area contributed by atoms with Crippen molar-refractivity contribution in [3.8, 4) is 0 Å². The highest BCUT2D eigenvalue weighted by Gasteiger charge is 2.39. The number of nitrogens with zero attached hydrogens (tertiary/aromatic N) is 2. The first kappa shape index (κ1) is 35.1. The van der Waals surface area contributed by atoms with Crippen LogP contribution in [0.3, 0.4) is 0 Å². The molecule has 2 atom stereocenters. The Kier molecular flexibility index (Phi) is 10.9. The highest BCUT2D eigenvalue weighted by molar-refractivity contribution is 5.76. The molecule has 0 radical (unpaired) electrons. The number of nitrogens with one attached hydrogen (secondary N) is 1. The first-order chi connectivity index (χ1) is 24.1. The van der Waals surface area contributed by atoms with E-state index in [2.05, 4.69) is 172 Å². The van der Waals surface area contributed by atoms with Gasteiger partial charge in [-0.1, -0.05) is 154 Å². The van der Waals surface area contributed by atoms with E-state index in [1.54, 1.807) is 0 Å². The van der Waals surface area contributed by atoms with Gasteiger partial charge in [-0.25, -0.2) is 0 Å². The molecule has 0 aliphatic heterocycles. The molecule has 0 amide bonds. The average molecular weight is 666 g/mol. The van der Waals surface area contributed by atoms with Crippen LogP contribution < -0.4 is 5.62 Å². The molecule has 1 N–H and O–H groups in total. The molecule has 50 heavy (non-hydrogen) atoms. The van der Waals surface area contributed by atoms with Crippen LogP contribution in [0.2, 0.25) is 0 Å². The van der Waals surface area contributed by atoms with Gasteiger partial charge >= 0.3 is 0 Å². The Bertz CT molecular complexity index is 2040. The van der Waals surface area contributed by atoms with E-state index >= 15 is 0 Å². The fraction of sp³-hybridized carbons (Fsp3) is 0.311.